The maximum absolute atomic E-state index is 13.7. The maximum Gasteiger partial charge on any atom is 0.171 e. The van der Waals surface area contributed by atoms with Crippen LogP contribution in [0.5, 0.6) is 0 Å². The molecule has 0 spiro atoms. The van der Waals surface area contributed by atoms with Crippen molar-refractivity contribution >= 4 is 14.8 Å². The SMILES string of the molecule is CC1=CC(C)(C)C(CC(C)C2C3(O)COC3CC(C)C2(C)C(=O)C(C)C)(O[SiH](C)C)CC1C.[Ac]. The third kappa shape index (κ3) is 5.01. The second-order valence-electron chi connectivity index (χ2n) is 13.3. The monoisotopic (exact) mass is 705 g/mol. The molecule has 1 radical (unpaired) electrons. The van der Waals surface area contributed by atoms with E-state index in [0.29, 0.717) is 12.5 Å². The third-order valence-corrected chi connectivity index (χ3v) is 10.7. The molecule has 2 fully saturated rings. The van der Waals surface area contributed by atoms with Crippen LogP contribution >= 0.6 is 0 Å². The molecule has 8 unspecified atom stereocenters. The van der Waals surface area contributed by atoms with E-state index >= 15 is 0 Å². The Balaban J connectivity index is 0.00000408. The predicted octanol–water partition coefficient (Wildman–Crippen LogP) is 5.78. The first-order chi connectivity index (χ1) is 15.0. The van der Waals surface area contributed by atoms with Gasteiger partial charge in [-0.1, -0.05) is 67.0 Å². The van der Waals surface area contributed by atoms with Gasteiger partial charge in [0.05, 0.1) is 18.3 Å². The van der Waals surface area contributed by atoms with Crippen LogP contribution in [0.25, 0.3) is 0 Å². The average Bonchev–Trinajstić information content (AvgIpc) is 2.66. The summed E-state index contributed by atoms with van der Waals surface area (Å²) < 4.78 is 12.9. The zero-order valence-electron chi connectivity index (χ0n) is 23.7. The Morgan fingerprint density at radius 3 is 2.29 bits per heavy atom. The van der Waals surface area contributed by atoms with Crippen LogP contribution in [0.4, 0.5) is 0 Å². The number of ether oxygens (including phenoxy) is 1. The predicted molar refractivity (Wildman–Crippen MR) is 138 cm³/mol. The molecule has 3 rings (SSSR count). The van der Waals surface area contributed by atoms with Gasteiger partial charge in [0.2, 0.25) is 0 Å². The number of hydrogen-bond acceptors (Lipinski definition) is 4. The van der Waals surface area contributed by atoms with Crippen LogP contribution in [-0.2, 0) is 14.0 Å². The van der Waals surface area contributed by atoms with E-state index in [9.17, 15) is 9.90 Å². The molecule has 1 saturated heterocycles. The van der Waals surface area contributed by atoms with Crippen molar-refractivity contribution in [3.63, 3.8) is 0 Å². The van der Waals surface area contributed by atoms with Crippen LogP contribution < -0.4 is 0 Å². The second kappa shape index (κ2) is 10.6. The number of hydrogen-bond donors (Lipinski definition) is 1. The largest absolute Gasteiger partial charge is 0.414 e. The number of rotatable bonds is 7. The van der Waals surface area contributed by atoms with Gasteiger partial charge in [-0.05, 0) is 57.0 Å². The van der Waals surface area contributed by atoms with Gasteiger partial charge in [0, 0.05) is 66.7 Å². The van der Waals surface area contributed by atoms with Gasteiger partial charge in [-0.2, -0.15) is 0 Å². The first-order valence-corrected chi connectivity index (χ1v) is 16.1. The standard InChI is InChI=1S/C28H50O4Si.Ac/c1-17(2)24(29)26(9)21(6)12-22-28(30,16-31-22)23(26)20(5)15-27(32-33(10)11)14-19(4)18(3)13-25(27,7)8;/h13,17,19-23,30,33H,12,14-16H2,1-11H3;. The summed E-state index contributed by atoms with van der Waals surface area (Å²) in [5.41, 5.74) is -0.460. The fraction of sp³-hybridized carbons (Fsp3) is 0.893. The van der Waals surface area contributed by atoms with E-state index in [0.717, 1.165) is 19.3 Å². The number of carbonyl (C=O) groups is 1. The normalized spacial score (nSPS) is 42.4. The number of aliphatic hydroxyl groups is 1. The van der Waals surface area contributed by atoms with Gasteiger partial charge >= 0.3 is 0 Å². The molecule has 0 amide bonds. The van der Waals surface area contributed by atoms with Crippen LogP contribution in [0.2, 0.25) is 13.1 Å². The number of Topliss-reactive ketones (excluding diaryl/α,β-unsaturated/α-hetero) is 1. The number of carbonyl (C=O) groups excluding carboxylic acids is 1. The van der Waals surface area contributed by atoms with Gasteiger partial charge < -0.3 is 14.3 Å². The fourth-order valence-electron chi connectivity index (χ4n) is 7.87. The van der Waals surface area contributed by atoms with Crippen LogP contribution in [0.1, 0.15) is 81.6 Å². The molecule has 4 nitrogen and oxygen atoms in total. The second-order valence-corrected chi connectivity index (χ2v) is 15.6. The molecule has 0 aromatic heterocycles. The molecule has 3 aliphatic rings. The Morgan fingerprint density at radius 1 is 1.24 bits per heavy atom. The quantitative estimate of drug-likeness (QED) is 0.270. The molecule has 1 N–H and O–H groups in total. The summed E-state index contributed by atoms with van der Waals surface area (Å²) in [5, 5.41) is 11.9. The van der Waals surface area contributed by atoms with E-state index < -0.39 is 20.1 Å². The Kier molecular flexibility index (Phi) is 9.72. The van der Waals surface area contributed by atoms with Crippen LogP contribution in [0.15, 0.2) is 11.6 Å². The molecule has 6 heteroatoms. The van der Waals surface area contributed by atoms with Crippen molar-refractivity contribution in [2.24, 2.45) is 40.4 Å². The van der Waals surface area contributed by atoms with E-state index in [1.807, 2.05) is 13.8 Å². The van der Waals surface area contributed by atoms with Gasteiger partial charge in [0.25, 0.3) is 0 Å². The minimum Gasteiger partial charge on any atom is -0.414 e. The van der Waals surface area contributed by atoms with Crippen molar-refractivity contribution in [2.45, 2.75) is 112 Å². The fourth-order valence-corrected chi connectivity index (χ4v) is 9.27. The van der Waals surface area contributed by atoms with E-state index in [1.165, 1.54) is 5.57 Å². The Bertz CT molecular complexity index is 795. The molecule has 1 heterocycles. The van der Waals surface area contributed by atoms with Crippen LogP contribution in [-0.4, -0.2) is 43.8 Å². The molecule has 1 saturated carbocycles. The van der Waals surface area contributed by atoms with Crippen molar-refractivity contribution in [1.82, 2.24) is 0 Å². The summed E-state index contributed by atoms with van der Waals surface area (Å²) >= 11 is 0. The van der Waals surface area contributed by atoms with E-state index in [4.69, 9.17) is 9.16 Å². The first-order valence-electron chi connectivity index (χ1n) is 13.3. The van der Waals surface area contributed by atoms with Crippen LogP contribution in [0, 0.1) is 84.5 Å². The minimum atomic E-state index is -1.34. The molecular weight excluding hydrogens is 655 g/mol. The summed E-state index contributed by atoms with van der Waals surface area (Å²) in [6, 6.07) is 0. The Hall–Kier alpha value is 0.948. The zero-order valence-corrected chi connectivity index (χ0v) is 29.6. The molecule has 2 aliphatic carbocycles. The summed E-state index contributed by atoms with van der Waals surface area (Å²) in [6.07, 6.45) is 4.86. The third-order valence-electron chi connectivity index (χ3n) is 9.76. The summed E-state index contributed by atoms with van der Waals surface area (Å²) in [6.45, 7) is 24.6. The minimum absolute atomic E-state index is 0. The van der Waals surface area contributed by atoms with Gasteiger partial charge in [-0.3, -0.25) is 4.79 Å². The maximum atomic E-state index is 13.7. The molecule has 0 bridgehead atoms. The smallest absolute Gasteiger partial charge is 0.171 e. The molecular formula is C28H50AcO4Si. The van der Waals surface area contributed by atoms with Crippen LogP contribution in [0.3, 0.4) is 0 Å². The van der Waals surface area contributed by atoms with Gasteiger partial charge in [0.1, 0.15) is 11.4 Å². The number of fused-ring (bicyclic) bond motifs is 1. The molecule has 8 atom stereocenters. The average molecular weight is 706 g/mol. The van der Waals surface area contributed by atoms with E-state index in [-0.39, 0.29) is 90.6 Å². The van der Waals surface area contributed by atoms with Crippen molar-refractivity contribution in [2.75, 3.05) is 6.61 Å². The van der Waals surface area contributed by atoms with Crippen molar-refractivity contribution < 1.29 is 63.1 Å². The topological polar surface area (TPSA) is 55.8 Å². The van der Waals surface area contributed by atoms with Crippen molar-refractivity contribution in [3.05, 3.63) is 11.6 Å². The van der Waals surface area contributed by atoms with Crippen molar-refractivity contribution in [3.8, 4) is 0 Å². The van der Waals surface area contributed by atoms with Crippen molar-refractivity contribution in [1.29, 1.82) is 0 Å². The van der Waals surface area contributed by atoms with Gasteiger partial charge in [-0.25, -0.2) is 0 Å². The first kappa shape index (κ1) is 31.2. The van der Waals surface area contributed by atoms with Gasteiger partial charge in [0.15, 0.2) is 9.04 Å². The summed E-state index contributed by atoms with van der Waals surface area (Å²) in [5.74, 6) is 0.846. The molecule has 0 aromatic carbocycles. The molecule has 0 aromatic rings. The summed E-state index contributed by atoms with van der Waals surface area (Å²) in [7, 11) is -1.34. The Morgan fingerprint density at radius 2 is 1.82 bits per heavy atom. The summed E-state index contributed by atoms with van der Waals surface area (Å²) in [4.78, 5) is 13.7. The Labute approximate surface area is 246 Å². The van der Waals surface area contributed by atoms with Gasteiger partial charge in [-0.15, -0.1) is 0 Å². The number of ketones is 1. The van der Waals surface area contributed by atoms with E-state index in [2.05, 4.69) is 67.6 Å². The zero-order chi connectivity index (χ0) is 25.1. The molecule has 34 heavy (non-hydrogen) atoms. The molecule has 193 valence electrons. The van der Waals surface area contributed by atoms with E-state index in [1.54, 1.807) is 0 Å². The molecule has 1 aliphatic heterocycles. The number of allylic oxidation sites excluding steroid dienone is 1.